The second-order valence-corrected chi connectivity index (χ2v) is 3.81. The Morgan fingerprint density at radius 2 is 2.07 bits per heavy atom. The van der Waals surface area contributed by atoms with E-state index in [4.69, 9.17) is 9.47 Å². The van der Waals surface area contributed by atoms with Crippen molar-refractivity contribution < 1.29 is 14.3 Å². The van der Waals surface area contributed by atoms with Crippen molar-refractivity contribution in [3.63, 3.8) is 0 Å². The zero-order valence-corrected chi connectivity index (χ0v) is 10.4. The minimum atomic E-state index is -0.365. The predicted molar refractivity (Wildman–Crippen MR) is 59.8 cm³/mol. The maximum absolute atomic E-state index is 11.4. The van der Waals surface area contributed by atoms with Crippen LogP contribution in [0.4, 0.5) is 0 Å². The fraction of sp³-hybridized carbons (Fsp3) is 0.909. The number of rotatable bonds is 7. The summed E-state index contributed by atoms with van der Waals surface area (Å²) in [4.78, 5) is 11.4. The standard InChI is InChI=1S/C11H23NO3/c1-6-12-11(4,9(3)14-5)8-10(13)15-7-2/h9,12H,6-8H2,1-5H3. The summed E-state index contributed by atoms with van der Waals surface area (Å²) >= 11 is 0. The van der Waals surface area contributed by atoms with E-state index in [1.807, 2.05) is 27.7 Å². The van der Waals surface area contributed by atoms with Gasteiger partial charge in [-0.3, -0.25) is 4.79 Å². The summed E-state index contributed by atoms with van der Waals surface area (Å²) in [6.07, 6.45) is 0.283. The van der Waals surface area contributed by atoms with Crippen LogP contribution in [0, 0.1) is 0 Å². The third-order valence-corrected chi connectivity index (χ3v) is 2.65. The average Bonchev–Trinajstić information content (AvgIpc) is 2.17. The van der Waals surface area contributed by atoms with Gasteiger partial charge in [-0.05, 0) is 27.3 Å². The Labute approximate surface area is 92.3 Å². The van der Waals surface area contributed by atoms with Gasteiger partial charge < -0.3 is 14.8 Å². The Kier molecular flexibility index (Phi) is 6.52. The molecule has 0 amide bonds. The highest BCUT2D eigenvalue weighted by atomic mass is 16.5. The van der Waals surface area contributed by atoms with Crippen molar-refractivity contribution in [2.45, 2.75) is 45.8 Å². The molecule has 0 aromatic rings. The van der Waals surface area contributed by atoms with Crippen molar-refractivity contribution in [3.8, 4) is 0 Å². The molecule has 0 fully saturated rings. The van der Waals surface area contributed by atoms with Crippen molar-refractivity contribution >= 4 is 5.97 Å². The molecule has 0 aliphatic carbocycles. The quantitative estimate of drug-likeness (QED) is 0.654. The van der Waals surface area contributed by atoms with Crippen molar-refractivity contribution in [2.75, 3.05) is 20.3 Å². The zero-order valence-electron chi connectivity index (χ0n) is 10.4. The SMILES string of the molecule is CCNC(C)(CC(=O)OCC)C(C)OC. The van der Waals surface area contributed by atoms with Crippen LogP contribution in [0.3, 0.4) is 0 Å². The van der Waals surface area contributed by atoms with Crippen LogP contribution in [-0.4, -0.2) is 37.9 Å². The second kappa shape index (κ2) is 6.80. The molecule has 0 bridgehead atoms. The number of methoxy groups -OCH3 is 1. The molecule has 0 heterocycles. The number of nitrogens with one attached hydrogen (secondary N) is 1. The van der Waals surface area contributed by atoms with E-state index < -0.39 is 0 Å². The normalized spacial score (nSPS) is 16.9. The predicted octanol–water partition coefficient (Wildman–Crippen LogP) is 1.34. The lowest BCUT2D eigenvalue weighted by molar-refractivity contribution is -0.146. The molecule has 0 radical (unpaired) electrons. The molecule has 0 spiro atoms. The van der Waals surface area contributed by atoms with Gasteiger partial charge in [-0.15, -0.1) is 0 Å². The molecule has 0 saturated heterocycles. The first-order valence-corrected chi connectivity index (χ1v) is 5.43. The molecule has 4 nitrogen and oxygen atoms in total. The summed E-state index contributed by atoms with van der Waals surface area (Å²) in [7, 11) is 1.64. The molecular formula is C11H23NO3. The molecule has 90 valence electrons. The Hall–Kier alpha value is -0.610. The van der Waals surface area contributed by atoms with Crippen LogP contribution in [0.5, 0.6) is 0 Å². The maximum atomic E-state index is 11.4. The molecule has 0 aromatic heterocycles. The lowest BCUT2D eigenvalue weighted by atomic mass is 9.91. The van der Waals surface area contributed by atoms with E-state index in [1.54, 1.807) is 7.11 Å². The van der Waals surface area contributed by atoms with Gasteiger partial charge in [-0.25, -0.2) is 0 Å². The summed E-state index contributed by atoms with van der Waals surface area (Å²) in [5.41, 5.74) is -0.365. The van der Waals surface area contributed by atoms with E-state index in [9.17, 15) is 4.79 Å². The summed E-state index contributed by atoms with van der Waals surface area (Å²) in [6, 6.07) is 0. The maximum Gasteiger partial charge on any atom is 0.307 e. The summed E-state index contributed by atoms with van der Waals surface area (Å²) < 4.78 is 10.2. The molecule has 15 heavy (non-hydrogen) atoms. The number of carbonyl (C=O) groups excluding carboxylic acids is 1. The molecule has 0 aliphatic rings. The Morgan fingerprint density at radius 3 is 2.47 bits per heavy atom. The van der Waals surface area contributed by atoms with E-state index >= 15 is 0 Å². The average molecular weight is 217 g/mol. The highest BCUT2D eigenvalue weighted by Crippen LogP contribution is 2.18. The number of carbonyl (C=O) groups is 1. The monoisotopic (exact) mass is 217 g/mol. The van der Waals surface area contributed by atoms with Gasteiger partial charge in [-0.1, -0.05) is 6.92 Å². The van der Waals surface area contributed by atoms with Gasteiger partial charge in [0.15, 0.2) is 0 Å². The van der Waals surface area contributed by atoms with Crippen molar-refractivity contribution in [2.24, 2.45) is 0 Å². The number of likely N-dealkylation sites (N-methyl/N-ethyl adjacent to an activating group) is 1. The Bertz CT molecular complexity index is 196. The second-order valence-electron chi connectivity index (χ2n) is 3.81. The van der Waals surface area contributed by atoms with Crippen LogP contribution in [0.15, 0.2) is 0 Å². The lowest BCUT2D eigenvalue weighted by Crippen LogP contribution is -2.53. The molecule has 0 saturated carbocycles. The van der Waals surface area contributed by atoms with Gasteiger partial charge in [0.05, 0.1) is 24.7 Å². The van der Waals surface area contributed by atoms with Gasteiger partial charge in [0.1, 0.15) is 0 Å². The molecule has 0 rings (SSSR count). The van der Waals surface area contributed by atoms with Crippen LogP contribution < -0.4 is 5.32 Å². The van der Waals surface area contributed by atoms with Crippen LogP contribution in [0.25, 0.3) is 0 Å². The van der Waals surface area contributed by atoms with Crippen molar-refractivity contribution in [1.29, 1.82) is 0 Å². The fourth-order valence-electron chi connectivity index (χ4n) is 1.53. The molecule has 2 atom stereocenters. The van der Waals surface area contributed by atoms with Crippen LogP contribution in [0.1, 0.15) is 34.1 Å². The van der Waals surface area contributed by atoms with Gasteiger partial charge in [0.25, 0.3) is 0 Å². The zero-order chi connectivity index (χ0) is 11.9. The highest BCUT2D eigenvalue weighted by molar-refractivity contribution is 5.71. The van der Waals surface area contributed by atoms with Gasteiger partial charge >= 0.3 is 5.97 Å². The van der Waals surface area contributed by atoms with Gasteiger partial charge in [0, 0.05) is 7.11 Å². The largest absolute Gasteiger partial charge is 0.466 e. The minimum Gasteiger partial charge on any atom is -0.466 e. The van der Waals surface area contributed by atoms with Crippen LogP contribution >= 0.6 is 0 Å². The molecule has 0 aromatic carbocycles. The summed E-state index contributed by atoms with van der Waals surface area (Å²) in [5.74, 6) is -0.190. The number of hydrogen-bond donors (Lipinski definition) is 1. The van der Waals surface area contributed by atoms with Gasteiger partial charge in [0.2, 0.25) is 0 Å². The Morgan fingerprint density at radius 1 is 1.47 bits per heavy atom. The van der Waals surface area contributed by atoms with E-state index in [0.29, 0.717) is 13.0 Å². The number of ether oxygens (including phenoxy) is 2. The van der Waals surface area contributed by atoms with Crippen LogP contribution in [-0.2, 0) is 14.3 Å². The Balaban J connectivity index is 4.42. The van der Waals surface area contributed by atoms with Crippen molar-refractivity contribution in [1.82, 2.24) is 5.32 Å². The van der Waals surface area contributed by atoms with E-state index in [1.165, 1.54) is 0 Å². The van der Waals surface area contributed by atoms with E-state index in [2.05, 4.69) is 5.32 Å². The molecule has 0 aliphatic heterocycles. The minimum absolute atomic E-state index is 0.0399. The van der Waals surface area contributed by atoms with Gasteiger partial charge in [-0.2, -0.15) is 0 Å². The molecule has 4 heteroatoms. The summed E-state index contributed by atoms with van der Waals surface area (Å²) in [5, 5.41) is 3.27. The third-order valence-electron chi connectivity index (χ3n) is 2.65. The number of esters is 1. The van der Waals surface area contributed by atoms with Crippen molar-refractivity contribution in [3.05, 3.63) is 0 Å². The molecular weight excluding hydrogens is 194 g/mol. The lowest BCUT2D eigenvalue weighted by Gasteiger charge is -2.34. The van der Waals surface area contributed by atoms with Crippen LogP contribution in [0.2, 0.25) is 0 Å². The smallest absolute Gasteiger partial charge is 0.307 e. The van der Waals surface area contributed by atoms with E-state index in [-0.39, 0.29) is 17.6 Å². The molecule has 1 N–H and O–H groups in total. The number of hydrogen-bond acceptors (Lipinski definition) is 4. The highest BCUT2D eigenvalue weighted by Gasteiger charge is 2.33. The molecule has 2 unspecified atom stereocenters. The van der Waals surface area contributed by atoms with E-state index in [0.717, 1.165) is 6.54 Å². The first-order chi connectivity index (χ1) is 7.00. The third kappa shape index (κ3) is 4.62. The topological polar surface area (TPSA) is 47.6 Å². The first kappa shape index (κ1) is 14.4. The summed E-state index contributed by atoms with van der Waals surface area (Å²) in [6.45, 7) is 8.95. The first-order valence-electron chi connectivity index (χ1n) is 5.43. The fourth-order valence-corrected chi connectivity index (χ4v) is 1.53.